The van der Waals surface area contributed by atoms with E-state index in [1.54, 1.807) is 19.1 Å². The van der Waals surface area contributed by atoms with Gasteiger partial charge in [0.15, 0.2) is 0 Å². The number of nitrogens with zero attached hydrogens (tertiary/aromatic N) is 1. The molecule has 0 bridgehead atoms. The van der Waals surface area contributed by atoms with Gasteiger partial charge in [0.25, 0.3) is 0 Å². The fraction of sp³-hybridized carbons (Fsp3) is 0.562. The van der Waals surface area contributed by atoms with Crippen LogP contribution in [0.3, 0.4) is 0 Å². The van der Waals surface area contributed by atoms with Gasteiger partial charge in [-0.3, -0.25) is 4.79 Å². The topological polar surface area (TPSA) is 75.7 Å². The Morgan fingerprint density at radius 3 is 2.70 bits per heavy atom. The van der Waals surface area contributed by atoms with Crippen molar-refractivity contribution in [3.8, 4) is 5.75 Å². The van der Waals surface area contributed by atoms with Gasteiger partial charge >= 0.3 is 0 Å². The van der Waals surface area contributed by atoms with Gasteiger partial charge in [-0.1, -0.05) is 6.07 Å². The summed E-state index contributed by atoms with van der Waals surface area (Å²) in [4.78, 5) is 12.6. The third-order valence-corrected chi connectivity index (χ3v) is 6.46. The van der Waals surface area contributed by atoms with E-state index < -0.39 is 16.1 Å². The molecule has 1 atom stereocenters. The summed E-state index contributed by atoms with van der Waals surface area (Å²) in [5.41, 5.74) is 0.652. The third-order valence-electron chi connectivity index (χ3n) is 4.41. The van der Waals surface area contributed by atoms with E-state index in [0.717, 1.165) is 12.8 Å². The second-order valence-electron chi connectivity index (χ2n) is 6.19. The number of rotatable bonds is 5. The van der Waals surface area contributed by atoms with Gasteiger partial charge in [-0.05, 0) is 44.2 Å². The summed E-state index contributed by atoms with van der Waals surface area (Å²) in [5.74, 6) is 0.321. The molecule has 2 aliphatic rings. The fourth-order valence-corrected chi connectivity index (χ4v) is 4.82. The first-order chi connectivity index (χ1) is 10.9. The van der Waals surface area contributed by atoms with Crippen molar-refractivity contribution in [1.82, 2.24) is 9.62 Å². The second-order valence-corrected chi connectivity index (χ2v) is 8.05. The van der Waals surface area contributed by atoms with Crippen LogP contribution in [0.1, 0.15) is 31.2 Å². The predicted octanol–water partition coefficient (Wildman–Crippen LogP) is 1.44. The summed E-state index contributed by atoms with van der Waals surface area (Å²) < 4.78 is 32.5. The molecular formula is C16H22N2O4S. The molecule has 1 aliphatic heterocycles. The molecule has 1 unspecified atom stereocenters. The molecule has 1 aromatic rings. The van der Waals surface area contributed by atoms with Crippen LogP contribution in [-0.2, 0) is 14.8 Å². The number of amides is 1. The Labute approximate surface area is 136 Å². The molecule has 126 valence electrons. The minimum absolute atomic E-state index is 0.172. The lowest BCUT2D eigenvalue weighted by Gasteiger charge is -2.24. The van der Waals surface area contributed by atoms with E-state index in [1.165, 1.54) is 17.5 Å². The number of ether oxygens (including phenoxy) is 1. The number of nitrogens with one attached hydrogen (secondary N) is 1. The highest BCUT2D eigenvalue weighted by atomic mass is 32.2. The van der Waals surface area contributed by atoms with E-state index in [-0.39, 0.29) is 16.8 Å². The average molecular weight is 338 g/mol. The maximum Gasteiger partial charge on any atom is 0.244 e. The highest BCUT2D eigenvalue weighted by molar-refractivity contribution is 7.89. The molecular weight excluding hydrogens is 316 g/mol. The molecule has 0 radical (unpaired) electrons. The van der Waals surface area contributed by atoms with Crippen LogP contribution in [0.2, 0.25) is 0 Å². The lowest BCUT2D eigenvalue weighted by molar-refractivity contribution is -0.124. The number of methoxy groups -OCH3 is 1. The molecule has 1 heterocycles. The summed E-state index contributed by atoms with van der Waals surface area (Å²) in [6, 6.07) is 4.60. The molecule has 6 nitrogen and oxygen atoms in total. The zero-order valence-corrected chi connectivity index (χ0v) is 14.2. The Morgan fingerprint density at radius 1 is 1.30 bits per heavy atom. The van der Waals surface area contributed by atoms with Crippen LogP contribution in [0.4, 0.5) is 0 Å². The van der Waals surface area contributed by atoms with Crippen molar-refractivity contribution in [2.45, 2.75) is 49.6 Å². The normalized spacial score (nSPS) is 22.1. The van der Waals surface area contributed by atoms with Crippen molar-refractivity contribution in [3.05, 3.63) is 23.8 Å². The number of hydrogen-bond donors (Lipinski definition) is 1. The summed E-state index contributed by atoms with van der Waals surface area (Å²) >= 11 is 0. The second kappa shape index (κ2) is 6.13. The number of carbonyl (C=O) groups is 1. The van der Waals surface area contributed by atoms with Gasteiger partial charge in [0.2, 0.25) is 15.9 Å². The maximum atomic E-state index is 13.0. The maximum absolute atomic E-state index is 13.0. The van der Waals surface area contributed by atoms with Gasteiger partial charge in [-0.15, -0.1) is 0 Å². The quantitative estimate of drug-likeness (QED) is 0.881. The van der Waals surface area contributed by atoms with Crippen molar-refractivity contribution >= 4 is 15.9 Å². The Balaban J connectivity index is 1.90. The SMILES string of the molecule is COc1ccc(C)c(S(=O)(=O)N2CCCC2C(=O)NC2CC2)c1. The van der Waals surface area contributed by atoms with Crippen LogP contribution in [0, 0.1) is 6.92 Å². The molecule has 1 N–H and O–H groups in total. The molecule has 1 aromatic carbocycles. The molecule has 1 saturated heterocycles. The number of sulfonamides is 1. The number of hydrogen-bond acceptors (Lipinski definition) is 4. The molecule has 23 heavy (non-hydrogen) atoms. The number of aryl methyl sites for hydroxylation is 1. The molecule has 2 fully saturated rings. The van der Waals surface area contributed by atoms with Gasteiger partial charge < -0.3 is 10.1 Å². The third kappa shape index (κ3) is 3.21. The van der Waals surface area contributed by atoms with Crippen LogP contribution < -0.4 is 10.1 Å². The van der Waals surface area contributed by atoms with E-state index in [2.05, 4.69) is 5.32 Å². The number of benzene rings is 1. The standard InChI is InChI=1S/C16H22N2O4S/c1-11-5-8-13(22-2)10-15(11)23(20,21)18-9-3-4-14(18)16(19)17-12-6-7-12/h5,8,10,12,14H,3-4,6-7,9H2,1-2H3,(H,17,19). The van der Waals surface area contributed by atoms with Crippen molar-refractivity contribution in [2.75, 3.05) is 13.7 Å². The van der Waals surface area contributed by atoms with Gasteiger partial charge in [-0.25, -0.2) is 8.42 Å². The van der Waals surface area contributed by atoms with Crippen LogP contribution in [-0.4, -0.2) is 44.4 Å². The van der Waals surface area contributed by atoms with Gasteiger partial charge in [0.05, 0.1) is 12.0 Å². The first-order valence-corrected chi connectivity index (χ1v) is 9.34. The molecule has 0 spiro atoms. The molecule has 7 heteroatoms. The predicted molar refractivity (Wildman–Crippen MR) is 85.8 cm³/mol. The zero-order valence-electron chi connectivity index (χ0n) is 13.4. The lowest BCUT2D eigenvalue weighted by Crippen LogP contribution is -2.46. The van der Waals surface area contributed by atoms with Crippen molar-refractivity contribution in [2.24, 2.45) is 0 Å². The first-order valence-electron chi connectivity index (χ1n) is 7.90. The Kier molecular flexibility index (Phi) is 4.33. The highest BCUT2D eigenvalue weighted by Crippen LogP contribution is 2.30. The minimum Gasteiger partial charge on any atom is -0.497 e. The van der Waals surface area contributed by atoms with E-state index in [0.29, 0.717) is 30.7 Å². The summed E-state index contributed by atoms with van der Waals surface area (Å²) in [6.45, 7) is 2.13. The van der Waals surface area contributed by atoms with E-state index >= 15 is 0 Å². The van der Waals surface area contributed by atoms with Crippen LogP contribution in [0.5, 0.6) is 5.75 Å². The molecule has 3 rings (SSSR count). The first kappa shape index (κ1) is 16.3. The van der Waals surface area contributed by atoms with Crippen molar-refractivity contribution in [1.29, 1.82) is 0 Å². The van der Waals surface area contributed by atoms with Gasteiger partial charge in [-0.2, -0.15) is 4.31 Å². The minimum atomic E-state index is -3.72. The zero-order chi connectivity index (χ0) is 16.6. The fourth-order valence-electron chi connectivity index (χ4n) is 2.93. The lowest BCUT2D eigenvalue weighted by atomic mass is 10.2. The summed E-state index contributed by atoms with van der Waals surface area (Å²) in [6.07, 6.45) is 3.24. The van der Waals surface area contributed by atoms with Gasteiger partial charge in [0.1, 0.15) is 11.8 Å². The summed E-state index contributed by atoms with van der Waals surface area (Å²) in [7, 11) is -2.22. The molecule has 0 aromatic heterocycles. The van der Waals surface area contributed by atoms with Crippen molar-refractivity contribution < 1.29 is 17.9 Å². The smallest absolute Gasteiger partial charge is 0.244 e. The molecule has 1 aliphatic carbocycles. The van der Waals surface area contributed by atoms with E-state index in [9.17, 15) is 13.2 Å². The summed E-state index contributed by atoms with van der Waals surface area (Å²) in [5, 5.41) is 2.92. The van der Waals surface area contributed by atoms with Crippen LogP contribution >= 0.6 is 0 Å². The van der Waals surface area contributed by atoms with Gasteiger partial charge in [0, 0.05) is 18.7 Å². The monoisotopic (exact) mass is 338 g/mol. The van der Waals surface area contributed by atoms with E-state index in [4.69, 9.17) is 4.74 Å². The highest BCUT2D eigenvalue weighted by Gasteiger charge is 2.41. The largest absolute Gasteiger partial charge is 0.497 e. The Bertz CT molecular complexity index is 713. The Hall–Kier alpha value is -1.60. The van der Waals surface area contributed by atoms with Crippen LogP contribution in [0.15, 0.2) is 23.1 Å². The van der Waals surface area contributed by atoms with Crippen molar-refractivity contribution in [3.63, 3.8) is 0 Å². The molecule has 1 saturated carbocycles. The van der Waals surface area contributed by atoms with E-state index in [1.807, 2.05) is 0 Å². The Morgan fingerprint density at radius 2 is 2.04 bits per heavy atom. The number of carbonyl (C=O) groups excluding carboxylic acids is 1. The average Bonchev–Trinajstić information content (AvgIpc) is 3.18. The van der Waals surface area contributed by atoms with Crippen LogP contribution in [0.25, 0.3) is 0 Å². The molecule has 1 amide bonds.